The van der Waals surface area contributed by atoms with E-state index in [9.17, 15) is 13.2 Å². The highest BCUT2D eigenvalue weighted by molar-refractivity contribution is 5.50. The fourth-order valence-electron chi connectivity index (χ4n) is 1.55. The van der Waals surface area contributed by atoms with Gasteiger partial charge in [-0.25, -0.2) is 4.68 Å². The van der Waals surface area contributed by atoms with Crippen LogP contribution in [0.1, 0.15) is 16.8 Å². The van der Waals surface area contributed by atoms with Crippen molar-refractivity contribution in [2.45, 2.75) is 13.1 Å². The van der Waals surface area contributed by atoms with E-state index < -0.39 is 11.9 Å². The topological polar surface area (TPSA) is 41.6 Å². The Morgan fingerprint density at radius 1 is 1.28 bits per heavy atom. The Hall–Kier alpha value is -2.29. The van der Waals surface area contributed by atoms with Crippen LogP contribution in [0.25, 0.3) is 5.69 Å². The first-order chi connectivity index (χ1) is 8.41. The second kappa shape index (κ2) is 4.18. The zero-order valence-corrected chi connectivity index (χ0v) is 9.36. The fourth-order valence-corrected chi connectivity index (χ4v) is 1.55. The van der Waals surface area contributed by atoms with Gasteiger partial charge in [0.2, 0.25) is 0 Å². The molecule has 2 rings (SSSR count). The Labute approximate surface area is 101 Å². The lowest BCUT2D eigenvalue weighted by Gasteiger charge is -2.05. The van der Waals surface area contributed by atoms with Crippen LogP contribution in [-0.4, -0.2) is 9.78 Å². The van der Waals surface area contributed by atoms with E-state index in [0.717, 1.165) is 16.3 Å². The summed E-state index contributed by atoms with van der Waals surface area (Å²) < 4.78 is 38.3. The third-order valence-electron chi connectivity index (χ3n) is 2.40. The predicted octanol–water partition coefficient (Wildman–Crippen LogP) is 3.07. The van der Waals surface area contributed by atoms with E-state index in [1.54, 1.807) is 25.1 Å². The molecular formula is C12H8F3N3. The Morgan fingerprint density at radius 2 is 2.00 bits per heavy atom. The monoisotopic (exact) mass is 251 g/mol. The lowest BCUT2D eigenvalue weighted by Crippen LogP contribution is -2.07. The Morgan fingerprint density at radius 3 is 2.56 bits per heavy atom. The van der Waals surface area contributed by atoms with Crippen LogP contribution in [0.3, 0.4) is 0 Å². The first-order valence-electron chi connectivity index (χ1n) is 5.06. The van der Waals surface area contributed by atoms with Gasteiger partial charge in [0.05, 0.1) is 11.3 Å². The molecule has 1 aromatic carbocycles. The van der Waals surface area contributed by atoms with Crippen molar-refractivity contribution in [1.29, 1.82) is 5.26 Å². The van der Waals surface area contributed by atoms with Gasteiger partial charge in [-0.05, 0) is 30.7 Å². The third kappa shape index (κ3) is 2.20. The minimum Gasteiger partial charge on any atom is -0.239 e. The number of nitrogens with zero attached hydrogens (tertiary/aromatic N) is 3. The normalized spacial score (nSPS) is 11.3. The van der Waals surface area contributed by atoms with Gasteiger partial charge in [0, 0.05) is 6.20 Å². The van der Waals surface area contributed by atoms with Gasteiger partial charge in [0.1, 0.15) is 6.07 Å². The molecule has 0 saturated carbocycles. The number of nitriles is 1. The van der Waals surface area contributed by atoms with Crippen LogP contribution in [0, 0.1) is 18.3 Å². The van der Waals surface area contributed by atoms with E-state index in [1.807, 2.05) is 6.07 Å². The summed E-state index contributed by atoms with van der Waals surface area (Å²) in [6.07, 6.45) is -3.29. The summed E-state index contributed by atoms with van der Waals surface area (Å²) >= 11 is 0. The van der Waals surface area contributed by atoms with E-state index in [4.69, 9.17) is 5.26 Å². The second-order valence-electron chi connectivity index (χ2n) is 3.78. The number of hydrogen-bond acceptors (Lipinski definition) is 2. The van der Waals surface area contributed by atoms with Gasteiger partial charge in [-0.3, -0.25) is 0 Å². The van der Waals surface area contributed by atoms with E-state index in [-0.39, 0.29) is 5.56 Å². The zero-order chi connectivity index (χ0) is 13.3. The Balaban J connectivity index is 2.50. The molecule has 0 aliphatic rings. The lowest BCUT2D eigenvalue weighted by molar-refractivity contribution is -0.141. The molecule has 0 radical (unpaired) electrons. The molecule has 0 N–H and O–H groups in total. The predicted molar refractivity (Wildman–Crippen MR) is 58.0 cm³/mol. The van der Waals surface area contributed by atoms with Crippen LogP contribution >= 0.6 is 0 Å². The zero-order valence-electron chi connectivity index (χ0n) is 9.36. The van der Waals surface area contributed by atoms with Crippen molar-refractivity contribution in [3.63, 3.8) is 0 Å². The molecule has 92 valence electrons. The molecule has 0 fully saturated rings. The number of aromatic nitrogens is 2. The number of hydrogen-bond donors (Lipinski definition) is 0. The third-order valence-corrected chi connectivity index (χ3v) is 2.40. The van der Waals surface area contributed by atoms with E-state index in [1.165, 1.54) is 6.20 Å². The first kappa shape index (κ1) is 12.2. The first-order valence-corrected chi connectivity index (χ1v) is 5.06. The average molecular weight is 251 g/mol. The van der Waals surface area contributed by atoms with Crippen LogP contribution in [0.2, 0.25) is 0 Å². The van der Waals surface area contributed by atoms with Crippen LogP contribution < -0.4 is 0 Å². The van der Waals surface area contributed by atoms with Gasteiger partial charge in [-0.1, -0.05) is 6.07 Å². The lowest BCUT2D eigenvalue weighted by atomic mass is 10.1. The maximum Gasteiger partial charge on any atom is 0.435 e. The van der Waals surface area contributed by atoms with Crippen molar-refractivity contribution in [2.75, 3.05) is 0 Å². The second-order valence-corrected chi connectivity index (χ2v) is 3.78. The van der Waals surface area contributed by atoms with Crippen molar-refractivity contribution in [3.8, 4) is 11.8 Å². The van der Waals surface area contributed by atoms with Crippen LogP contribution in [0.15, 0.2) is 30.5 Å². The summed E-state index contributed by atoms with van der Waals surface area (Å²) in [6.45, 7) is 1.80. The van der Waals surface area contributed by atoms with Crippen molar-refractivity contribution in [2.24, 2.45) is 0 Å². The van der Waals surface area contributed by atoms with E-state index in [2.05, 4.69) is 5.10 Å². The van der Waals surface area contributed by atoms with Crippen LogP contribution in [0.5, 0.6) is 0 Å². The van der Waals surface area contributed by atoms with Crippen LogP contribution in [0.4, 0.5) is 13.2 Å². The van der Waals surface area contributed by atoms with Gasteiger partial charge in [-0.2, -0.15) is 23.5 Å². The van der Waals surface area contributed by atoms with Crippen molar-refractivity contribution >= 4 is 0 Å². The summed E-state index contributed by atoms with van der Waals surface area (Å²) in [6, 6.07) is 7.70. The molecule has 3 nitrogen and oxygen atoms in total. The Bertz CT molecular complexity index is 620. The molecule has 0 bridgehead atoms. The summed E-state index contributed by atoms with van der Waals surface area (Å²) in [5, 5.41) is 12.4. The van der Waals surface area contributed by atoms with Gasteiger partial charge < -0.3 is 0 Å². The average Bonchev–Trinajstić information content (AvgIpc) is 2.77. The molecule has 0 spiro atoms. The summed E-state index contributed by atoms with van der Waals surface area (Å²) in [7, 11) is 0. The minimum absolute atomic E-state index is 0.284. The molecule has 6 heteroatoms. The Kier molecular flexibility index (Phi) is 2.83. The summed E-state index contributed by atoms with van der Waals surface area (Å²) in [5.74, 6) is 0. The standard InChI is InChI=1S/C12H8F3N3/c1-8-2-3-10(9(6-8)7-16)18-5-4-11(17-18)12(13,14)15/h2-6H,1H3. The fraction of sp³-hybridized carbons (Fsp3) is 0.167. The van der Waals surface area contributed by atoms with Gasteiger partial charge >= 0.3 is 6.18 Å². The molecule has 1 heterocycles. The highest BCUT2D eigenvalue weighted by atomic mass is 19.4. The van der Waals surface area contributed by atoms with Crippen molar-refractivity contribution < 1.29 is 13.2 Å². The van der Waals surface area contributed by atoms with Gasteiger partial charge in [0.15, 0.2) is 5.69 Å². The maximum absolute atomic E-state index is 12.4. The van der Waals surface area contributed by atoms with Crippen LogP contribution in [-0.2, 0) is 6.18 Å². The van der Waals surface area contributed by atoms with E-state index in [0.29, 0.717) is 5.69 Å². The molecule has 2 aromatic rings. The number of halogens is 3. The number of benzene rings is 1. The molecule has 0 atom stereocenters. The highest BCUT2D eigenvalue weighted by Gasteiger charge is 2.33. The van der Waals surface area contributed by atoms with Gasteiger partial charge in [-0.15, -0.1) is 0 Å². The minimum atomic E-state index is -4.48. The SMILES string of the molecule is Cc1ccc(-n2ccc(C(F)(F)F)n2)c(C#N)c1. The molecule has 0 saturated heterocycles. The summed E-state index contributed by atoms with van der Waals surface area (Å²) in [4.78, 5) is 0. The maximum atomic E-state index is 12.4. The molecule has 0 unspecified atom stereocenters. The smallest absolute Gasteiger partial charge is 0.239 e. The highest BCUT2D eigenvalue weighted by Crippen LogP contribution is 2.28. The van der Waals surface area contributed by atoms with Gasteiger partial charge in [0.25, 0.3) is 0 Å². The largest absolute Gasteiger partial charge is 0.435 e. The molecule has 18 heavy (non-hydrogen) atoms. The number of alkyl halides is 3. The summed E-state index contributed by atoms with van der Waals surface area (Å²) in [5.41, 5.74) is 0.496. The molecule has 0 amide bonds. The quantitative estimate of drug-likeness (QED) is 0.781. The molecule has 0 aliphatic heterocycles. The molecule has 1 aromatic heterocycles. The van der Waals surface area contributed by atoms with Crippen molar-refractivity contribution in [3.05, 3.63) is 47.3 Å². The molecular weight excluding hydrogens is 243 g/mol. The molecule has 0 aliphatic carbocycles. The number of rotatable bonds is 1. The van der Waals surface area contributed by atoms with E-state index >= 15 is 0 Å². The van der Waals surface area contributed by atoms with Crippen molar-refractivity contribution in [1.82, 2.24) is 9.78 Å². The number of aryl methyl sites for hydroxylation is 1.